The van der Waals surface area contributed by atoms with E-state index in [4.69, 9.17) is 0 Å². The molecule has 2 heterocycles. The van der Waals surface area contributed by atoms with Crippen molar-refractivity contribution >= 4 is 17.4 Å². The van der Waals surface area contributed by atoms with E-state index in [1.807, 2.05) is 20.2 Å². The summed E-state index contributed by atoms with van der Waals surface area (Å²) in [6.07, 6.45) is 1.90. The molecule has 1 aliphatic heterocycles. The molecule has 0 spiro atoms. The number of likely N-dealkylation sites (tertiary alicyclic amines) is 1. The number of anilines is 2. The summed E-state index contributed by atoms with van der Waals surface area (Å²) in [5.74, 6) is 1.05. The molecule has 1 fully saturated rings. The van der Waals surface area contributed by atoms with Gasteiger partial charge in [0.15, 0.2) is 0 Å². The van der Waals surface area contributed by atoms with Crippen molar-refractivity contribution in [1.29, 1.82) is 0 Å². The van der Waals surface area contributed by atoms with Crippen LogP contribution in [-0.4, -0.2) is 48.0 Å². The summed E-state index contributed by atoms with van der Waals surface area (Å²) in [6, 6.07) is 7.69. The first-order valence-corrected chi connectivity index (χ1v) is 9.08. The Kier molecular flexibility index (Phi) is 6.31. The molecule has 8 heteroatoms. The Morgan fingerprint density at radius 1 is 1.26 bits per heavy atom. The van der Waals surface area contributed by atoms with Crippen molar-refractivity contribution in [3.63, 3.8) is 0 Å². The highest BCUT2D eigenvalue weighted by atomic mass is 19.1. The van der Waals surface area contributed by atoms with Gasteiger partial charge in [-0.2, -0.15) is 0 Å². The van der Waals surface area contributed by atoms with Gasteiger partial charge in [0, 0.05) is 25.3 Å². The average molecular weight is 372 g/mol. The maximum absolute atomic E-state index is 13.0. The third-order valence-electron chi connectivity index (χ3n) is 4.55. The molecule has 1 saturated heterocycles. The number of benzene rings is 1. The van der Waals surface area contributed by atoms with Crippen LogP contribution in [0.15, 0.2) is 30.3 Å². The largest absolute Gasteiger partial charge is 0.373 e. The lowest BCUT2D eigenvalue weighted by atomic mass is 10.2. The van der Waals surface area contributed by atoms with Crippen molar-refractivity contribution in [1.82, 2.24) is 20.2 Å². The second kappa shape index (κ2) is 8.88. The zero-order valence-electron chi connectivity index (χ0n) is 15.6. The number of nitrogens with zero attached hydrogens (tertiary/aromatic N) is 3. The summed E-state index contributed by atoms with van der Waals surface area (Å²) in [5, 5.41) is 8.99. The topological polar surface area (TPSA) is 82.2 Å². The molecule has 1 aromatic heterocycles. The molecule has 7 nitrogen and oxygen atoms in total. The molecule has 1 amide bonds. The molecule has 27 heavy (non-hydrogen) atoms. The highest BCUT2D eigenvalue weighted by molar-refractivity contribution is 5.92. The van der Waals surface area contributed by atoms with Gasteiger partial charge >= 0.3 is 0 Å². The fraction of sp³-hybridized carbons (Fsp3) is 0.421. The van der Waals surface area contributed by atoms with E-state index in [0.717, 1.165) is 36.7 Å². The molecule has 0 unspecified atom stereocenters. The van der Waals surface area contributed by atoms with Crippen LogP contribution in [0, 0.1) is 5.82 Å². The highest BCUT2D eigenvalue weighted by Gasteiger charge is 2.30. The van der Waals surface area contributed by atoms with Crippen LogP contribution in [0.1, 0.15) is 30.4 Å². The van der Waals surface area contributed by atoms with Crippen molar-refractivity contribution in [3.8, 4) is 0 Å². The number of nitrogens with one attached hydrogen (secondary N) is 3. The Hall–Kier alpha value is -2.58. The maximum Gasteiger partial charge on any atom is 0.238 e. The molecule has 0 radical (unpaired) electrons. The fourth-order valence-corrected chi connectivity index (χ4v) is 3.29. The second-order valence-corrected chi connectivity index (χ2v) is 6.57. The molecule has 3 rings (SSSR count). The van der Waals surface area contributed by atoms with Gasteiger partial charge in [0.1, 0.15) is 17.5 Å². The fourth-order valence-electron chi connectivity index (χ4n) is 3.29. The summed E-state index contributed by atoms with van der Waals surface area (Å²) in [7, 11) is 3.71. The van der Waals surface area contributed by atoms with Gasteiger partial charge in [0.05, 0.1) is 18.3 Å². The minimum absolute atomic E-state index is 0.00729. The van der Waals surface area contributed by atoms with E-state index >= 15 is 0 Å². The van der Waals surface area contributed by atoms with Crippen LogP contribution >= 0.6 is 0 Å². The lowest BCUT2D eigenvalue weighted by Crippen LogP contribution is -2.33. The first-order valence-electron chi connectivity index (χ1n) is 9.08. The monoisotopic (exact) mass is 372 g/mol. The molecule has 3 N–H and O–H groups in total. The van der Waals surface area contributed by atoms with Crippen LogP contribution in [0.4, 0.5) is 15.9 Å². The molecule has 144 valence electrons. The Labute approximate surface area is 158 Å². The van der Waals surface area contributed by atoms with Gasteiger partial charge in [0.25, 0.3) is 0 Å². The molecule has 1 atom stereocenters. The lowest BCUT2D eigenvalue weighted by molar-refractivity contribution is -0.117. The van der Waals surface area contributed by atoms with Gasteiger partial charge in [-0.1, -0.05) is 0 Å². The van der Waals surface area contributed by atoms with E-state index in [9.17, 15) is 9.18 Å². The smallest absolute Gasteiger partial charge is 0.238 e. The van der Waals surface area contributed by atoms with Crippen molar-refractivity contribution in [2.24, 2.45) is 0 Å². The highest BCUT2D eigenvalue weighted by Crippen LogP contribution is 2.30. The van der Waals surface area contributed by atoms with E-state index in [0.29, 0.717) is 12.2 Å². The molecule has 0 bridgehead atoms. The predicted octanol–water partition coefficient (Wildman–Crippen LogP) is 2.15. The van der Waals surface area contributed by atoms with E-state index < -0.39 is 0 Å². The van der Waals surface area contributed by atoms with Gasteiger partial charge in [-0.05, 0) is 50.7 Å². The van der Waals surface area contributed by atoms with Crippen LogP contribution in [0.3, 0.4) is 0 Å². The quantitative estimate of drug-likeness (QED) is 0.691. The van der Waals surface area contributed by atoms with Gasteiger partial charge in [-0.25, -0.2) is 14.4 Å². The van der Waals surface area contributed by atoms with Crippen molar-refractivity contribution < 1.29 is 9.18 Å². The summed E-state index contributed by atoms with van der Waals surface area (Å²) < 4.78 is 13.0. The Balaban J connectivity index is 1.70. The van der Waals surface area contributed by atoms with E-state index in [1.54, 1.807) is 12.1 Å². The maximum atomic E-state index is 13.0. The number of aromatic nitrogens is 2. The minimum Gasteiger partial charge on any atom is -0.373 e. The number of carbonyl (C=O) groups excluding carboxylic acids is 1. The van der Waals surface area contributed by atoms with Crippen LogP contribution in [-0.2, 0) is 11.3 Å². The predicted molar refractivity (Wildman–Crippen MR) is 103 cm³/mol. The standard InChI is InChI=1S/C19H25FN6O/c1-21-11-15-10-17(22-2)25-19(24-15)16-4-3-9-26(16)12-18(27)23-14-7-5-13(20)6-8-14/h5-8,10,16,21H,3-4,9,11-12H2,1-2H3,(H,23,27)(H,22,24,25)/t16-/m0/s1. The molecular weight excluding hydrogens is 347 g/mol. The van der Waals surface area contributed by atoms with Crippen LogP contribution in [0.5, 0.6) is 0 Å². The summed E-state index contributed by atoms with van der Waals surface area (Å²) in [5.41, 5.74) is 1.50. The van der Waals surface area contributed by atoms with Crippen molar-refractivity contribution in [3.05, 3.63) is 47.7 Å². The van der Waals surface area contributed by atoms with Gasteiger partial charge in [-0.15, -0.1) is 0 Å². The SMILES string of the molecule is CNCc1cc(NC)nc([C@@H]2CCCN2CC(=O)Nc2ccc(F)cc2)n1. The molecule has 0 aliphatic carbocycles. The molecular formula is C19H25FN6O. The molecule has 0 saturated carbocycles. The number of amides is 1. The van der Waals surface area contributed by atoms with E-state index in [2.05, 4.69) is 30.8 Å². The Bertz CT molecular complexity index is 782. The number of hydrogen-bond donors (Lipinski definition) is 3. The van der Waals surface area contributed by atoms with Crippen LogP contribution in [0.25, 0.3) is 0 Å². The number of halogens is 1. The van der Waals surface area contributed by atoms with Gasteiger partial charge in [0.2, 0.25) is 5.91 Å². The second-order valence-electron chi connectivity index (χ2n) is 6.57. The van der Waals surface area contributed by atoms with Crippen molar-refractivity contribution in [2.75, 3.05) is 37.8 Å². The third kappa shape index (κ3) is 4.99. The van der Waals surface area contributed by atoms with Crippen LogP contribution < -0.4 is 16.0 Å². The van der Waals surface area contributed by atoms with Gasteiger partial charge < -0.3 is 16.0 Å². The number of carbonyl (C=O) groups is 1. The average Bonchev–Trinajstić information content (AvgIpc) is 3.11. The van der Waals surface area contributed by atoms with E-state index in [-0.39, 0.29) is 24.3 Å². The number of rotatable bonds is 7. The Morgan fingerprint density at radius 2 is 2.04 bits per heavy atom. The zero-order valence-corrected chi connectivity index (χ0v) is 15.6. The summed E-state index contributed by atoms with van der Waals surface area (Å²) in [4.78, 5) is 23.8. The lowest BCUT2D eigenvalue weighted by Gasteiger charge is -2.23. The van der Waals surface area contributed by atoms with Crippen LogP contribution in [0.2, 0.25) is 0 Å². The van der Waals surface area contributed by atoms with Crippen molar-refractivity contribution in [2.45, 2.75) is 25.4 Å². The first-order chi connectivity index (χ1) is 13.1. The summed E-state index contributed by atoms with van der Waals surface area (Å²) in [6.45, 7) is 1.72. The Morgan fingerprint density at radius 3 is 2.74 bits per heavy atom. The molecule has 1 aliphatic rings. The molecule has 1 aromatic carbocycles. The van der Waals surface area contributed by atoms with E-state index in [1.165, 1.54) is 12.1 Å². The minimum atomic E-state index is -0.327. The summed E-state index contributed by atoms with van der Waals surface area (Å²) >= 11 is 0. The zero-order chi connectivity index (χ0) is 19.2. The number of hydrogen-bond acceptors (Lipinski definition) is 6. The normalized spacial score (nSPS) is 17.1. The third-order valence-corrected chi connectivity index (χ3v) is 4.55. The molecule has 2 aromatic rings. The van der Waals surface area contributed by atoms with Gasteiger partial charge in [-0.3, -0.25) is 9.69 Å². The first kappa shape index (κ1) is 19.2.